The van der Waals surface area contributed by atoms with Crippen molar-refractivity contribution in [1.29, 1.82) is 0 Å². The minimum Gasteiger partial charge on any atom is -0.389 e. The summed E-state index contributed by atoms with van der Waals surface area (Å²) in [7, 11) is 0. The molecule has 1 heteroatoms. The molecule has 0 spiro atoms. The van der Waals surface area contributed by atoms with Gasteiger partial charge in [0.15, 0.2) is 0 Å². The third kappa shape index (κ3) is 0.402. The lowest BCUT2D eigenvalue weighted by molar-refractivity contribution is 0.0839. The Morgan fingerprint density at radius 2 is 2.12 bits per heavy atom. The predicted octanol–water partition coefficient (Wildman–Crippen LogP) is 0.943. The number of fused-ring (bicyclic) bond motifs is 1. The Morgan fingerprint density at radius 3 is 2.38 bits per heavy atom. The van der Waals surface area contributed by atoms with E-state index in [9.17, 15) is 0 Å². The smallest absolute Gasteiger partial charge is 0.0754 e. The molecule has 0 radical (unpaired) electrons. The second-order valence-electron chi connectivity index (χ2n) is 2.78. The summed E-state index contributed by atoms with van der Waals surface area (Å²) < 4.78 is 0. The van der Waals surface area contributed by atoms with Crippen LogP contribution in [0.25, 0.3) is 0 Å². The molecule has 3 atom stereocenters. The van der Waals surface area contributed by atoms with E-state index in [1.165, 1.54) is 12.8 Å². The molecule has 0 heterocycles. The molecule has 0 amide bonds. The zero-order valence-corrected chi connectivity index (χ0v) is 4.75. The topological polar surface area (TPSA) is 20.2 Å². The standard InChI is InChI=1S/C7H10O/c8-7-4-2-5-1-3-6(5)7/h2,4-8H,1,3H2/t5-,6+,7-/m0/s1. The lowest BCUT2D eigenvalue weighted by Crippen LogP contribution is -2.28. The summed E-state index contributed by atoms with van der Waals surface area (Å²) >= 11 is 0. The van der Waals surface area contributed by atoms with E-state index in [2.05, 4.69) is 6.08 Å². The van der Waals surface area contributed by atoms with Crippen molar-refractivity contribution in [3.63, 3.8) is 0 Å². The van der Waals surface area contributed by atoms with Crippen LogP contribution in [0, 0.1) is 11.8 Å². The van der Waals surface area contributed by atoms with E-state index < -0.39 is 0 Å². The van der Waals surface area contributed by atoms with Crippen LogP contribution in [0.3, 0.4) is 0 Å². The molecule has 1 N–H and O–H groups in total. The van der Waals surface area contributed by atoms with E-state index in [4.69, 9.17) is 5.11 Å². The monoisotopic (exact) mass is 110 g/mol. The van der Waals surface area contributed by atoms with Crippen LogP contribution in [0.5, 0.6) is 0 Å². The normalized spacial score (nSPS) is 50.9. The van der Waals surface area contributed by atoms with Gasteiger partial charge >= 0.3 is 0 Å². The van der Waals surface area contributed by atoms with Crippen molar-refractivity contribution in [3.05, 3.63) is 12.2 Å². The lowest BCUT2D eigenvalue weighted by atomic mass is 9.75. The molecule has 1 nitrogen and oxygen atoms in total. The molecule has 0 aromatic carbocycles. The van der Waals surface area contributed by atoms with Gasteiger partial charge in [-0.3, -0.25) is 0 Å². The quantitative estimate of drug-likeness (QED) is 0.460. The zero-order valence-electron chi connectivity index (χ0n) is 4.75. The number of hydrogen-bond donors (Lipinski definition) is 1. The van der Waals surface area contributed by atoms with Crippen molar-refractivity contribution in [2.24, 2.45) is 11.8 Å². The maximum atomic E-state index is 9.13. The second-order valence-corrected chi connectivity index (χ2v) is 2.78. The van der Waals surface area contributed by atoms with Gasteiger partial charge in [-0.1, -0.05) is 12.2 Å². The minimum absolute atomic E-state index is 0.103. The fourth-order valence-electron chi connectivity index (χ4n) is 1.61. The van der Waals surface area contributed by atoms with E-state index in [1.54, 1.807) is 0 Å². The van der Waals surface area contributed by atoms with Crippen molar-refractivity contribution in [2.75, 3.05) is 0 Å². The molecule has 1 fully saturated rings. The molecule has 0 unspecified atom stereocenters. The Morgan fingerprint density at radius 1 is 1.25 bits per heavy atom. The van der Waals surface area contributed by atoms with Gasteiger partial charge in [-0.2, -0.15) is 0 Å². The Kier molecular flexibility index (Phi) is 0.770. The van der Waals surface area contributed by atoms with Gasteiger partial charge in [0.05, 0.1) is 6.10 Å². The average Bonchev–Trinajstić information content (AvgIpc) is 1.80. The van der Waals surface area contributed by atoms with E-state index in [1.807, 2.05) is 6.08 Å². The highest BCUT2D eigenvalue weighted by Crippen LogP contribution is 2.42. The Hall–Kier alpha value is -0.300. The largest absolute Gasteiger partial charge is 0.389 e. The zero-order chi connectivity index (χ0) is 5.56. The molecule has 2 aliphatic carbocycles. The number of allylic oxidation sites excluding steroid dienone is 1. The lowest BCUT2D eigenvalue weighted by Gasteiger charge is -2.31. The van der Waals surface area contributed by atoms with Crippen LogP contribution in [0.15, 0.2) is 12.2 Å². The third-order valence-electron chi connectivity index (χ3n) is 2.38. The molecule has 0 aromatic heterocycles. The fourth-order valence-corrected chi connectivity index (χ4v) is 1.61. The van der Waals surface area contributed by atoms with Gasteiger partial charge < -0.3 is 5.11 Å². The average molecular weight is 110 g/mol. The van der Waals surface area contributed by atoms with Crippen LogP contribution < -0.4 is 0 Å². The summed E-state index contributed by atoms with van der Waals surface area (Å²) in [6.07, 6.45) is 6.52. The summed E-state index contributed by atoms with van der Waals surface area (Å²) in [6.45, 7) is 0. The second kappa shape index (κ2) is 1.35. The van der Waals surface area contributed by atoms with Crippen LogP contribution in [0.2, 0.25) is 0 Å². The maximum absolute atomic E-state index is 9.13. The van der Waals surface area contributed by atoms with Crippen molar-refractivity contribution in [1.82, 2.24) is 0 Å². The molecule has 8 heavy (non-hydrogen) atoms. The molecule has 0 aromatic rings. The van der Waals surface area contributed by atoms with Gasteiger partial charge in [0.25, 0.3) is 0 Å². The molecular formula is C7H10O. The number of aliphatic hydroxyl groups excluding tert-OH is 1. The highest BCUT2D eigenvalue weighted by Gasteiger charge is 2.37. The fraction of sp³-hybridized carbons (Fsp3) is 0.714. The summed E-state index contributed by atoms with van der Waals surface area (Å²) in [5.41, 5.74) is 0. The van der Waals surface area contributed by atoms with Crippen LogP contribution >= 0.6 is 0 Å². The van der Waals surface area contributed by atoms with Crippen molar-refractivity contribution in [3.8, 4) is 0 Å². The third-order valence-corrected chi connectivity index (χ3v) is 2.38. The molecule has 0 aliphatic heterocycles. The maximum Gasteiger partial charge on any atom is 0.0754 e. The van der Waals surface area contributed by atoms with Crippen LogP contribution in [0.4, 0.5) is 0 Å². The molecule has 0 bridgehead atoms. The van der Waals surface area contributed by atoms with Crippen molar-refractivity contribution < 1.29 is 5.11 Å². The summed E-state index contributed by atoms with van der Waals surface area (Å²) in [6, 6.07) is 0. The molecule has 2 aliphatic rings. The van der Waals surface area contributed by atoms with Gasteiger partial charge in [-0.25, -0.2) is 0 Å². The Balaban J connectivity index is 2.14. The van der Waals surface area contributed by atoms with Crippen molar-refractivity contribution >= 4 is 0 Å². The highest BCUT2D eigenvalue weighted by atomic mass is 16.3. The van der Waals surface area contributed by atoms with E-state index >= 15 is 0 Å². The predicted molar refractivity (Wildman–Crippen MR) is 31.4 cm³/mol. The SMILES string of the molecule is O[C@H]1C=C[C@@H]2CC[C@H]21. The molecule has 1 saturated carbocycles. The summed E-state index contributed by atoms with van der Waals surface area (Å²) in [5, 5.41) is 9.13. The first kappa shape index (κ1) is 4.57. The van der Waals surface area contributed by atoms with Gasteiger partial charge in [0.1, 0.15) is 0 Å². The first-order valence-electron chi connectivity index (χ1n) is 3.24. The minimum atomic E-state index is -0.103. The number of aliphatic hydroxyl groups is 1. The molecule has 0 saturated heterocycles. The van der Waals surface area contributed by atoms with Gasteiger partial charge in [-0.15, -0.1) is 0 Å². The summed E-state index contributed by atoms with van der Waals surface area (Å²) in [5.74, 6) is 1.35. The Labute approximate surface area is 49.0 Å². The first-order valence-corrected chi connectivity index (χ1v) is 3.24. The first-order chi connectivity index (χ1) is 3.88. The number of rotatable bonds is 0. The van der Waals surface area contributed by atoms with Crippen molar-refractivity contribution in [2.45, 2.75) is 18.9 Å². The van der Waals surface area contributed by atoms with Gasteiger partial charge in [0, 0.05) is 0 Å². The molecular weight excluding hydrogens is 100 g/mol. The van der Waals surface area contributed by atoms with Crippen LogP contribution in [-0.2, 0) is 0 Å². The highest BCUT2D eigenvalue weighted by molar-refractivity contribution is 5.11. The van der Waals surface area contributed by atoms with E-state index in [-0.39, 0.29) is 6.10 Å². The van der Waals surface area contributed by atoms with E-state index in [0.717, 1.165) is 5.92 Å². The van der Waals surface area contributed by atoms with Gasteiger partial charge in [0.2, 0.25) is 0 Å². The molecule has 44 valence electrons. The summed E-state index contributed by atoms with van der Waals surface area (Å²) in [4.78, 5) is 0. The Bertz CT molecular complexity index is 120. The van der Waals surface area contributed by atoms with Crippen LogP contribution in [0.1, 0.15) is 12.8 Å². The van der Waals surface area contributed by atoms with E-state index in [0.29, 0.717) is 5.92 Å². The molecule has 2 rings (SSSR count). The van der Waals surface area contributed by atoms with Crippen LogP contribution in [-0.4, -0.2) is 11.2 Å². The van der Waals surface area contributed by atoms with Gasteiger partial charge in [-0.05, 0) is 24.7 Å². The number of hydrogen-bond acceptors (Lipinski definition) is 1.